The fraction of sp³-hybridized carbons (Fsp3) is 0.455. The van der Waals surface area contributed by atoms with Gasteiger partial charge in [-0.1, -0.05) is 0 Å². The molecule has 96 valence electrons. The van der Waals surface area contributed by atoms with Crippen LogP contribution in [0.25, 0.3) is 0 Å². The van der Waals surface area contributed by atoms with Crippen LogP contribution >= 0.6 is 11.6 Å². The minimum absolute atomic E-state index is 0.132. The van der Waals surface area contributed by atoms with Crippen molar-refractivity contribution in [2.24, 2.45) is 0 Å². The van der Waals surface area contributed by atoms with Crippen molar-refractivity contribution in [2.45, 2.75) is 24.8 Å². The number of hydrogen-bond acceptors (Lipinski definition) is 3. The first-order chi connectivity index (χ1) is 7.95. The molecule has 4 nitrogen and oxygen atoms in total. The van der Waals surface area contributed by atoms with Gasteiger partial charge in [0, 0.05) is 6.04 Å². The highest BCUT2D eigenvalue weighted by atomic mass is 35.5. The van der Waals surface area contributed by atoms with Crippen LogP contribution in [-0.2, 0) is 10.0 Å². The third-order valence-electron chi connectivity index (χ3n) is 1.87. The Hall–Kier alpha value is -0.780. The lowest BCUT2D eigenvalue weighted by atomic mass is 10.3. The van der Waals surface area contributed by atoms with Gasteiger partial charge in [0.1, 0.15) is 12.4 Å². The molecule has 0 aromatic heterocycles. The zero-order chi connectivity index (χ0) is 12.9. The van der Waals surface area contributed by atoms with E-state index in [2.05, 4.69) is 4.72 Å². The first kappa shape index (κ1) is 14.3. The van der Waals surface area contributed by atoms with E-state index in [0.29, 0.717) is 18.2 Å². The smallest absolute Gasteiger partial charge is 0.240 e. The molecule has 1 aromatic rings. The van der Waals surface area contributed by atoms with Crippen LogP contribution in [0, 0.1) is 0 Å². The molecule has 0 aliphatic carbocycles. The number of sulfonamides is 1. The van der Waals surface area contributed by atoms with Crippen LogP contribution in [0.5, 0.6) is 5.75 Å². The fourth-order valence-corrected chi connectivity index (χ4v) is 2.58. The van der Waals surface area contributed by atoms with E-state index in [1.54, 1.807) is 26.0 Å². The van der Waals surface area contributed by atoms with E-state index in [4.69, 9.17) is 16.3 Å². The van der Waals surface area contributed by atoms with Crippen molar-refractivity contribution < 1.29 is 13.2 Å². The number of nitrogens with one attached hydrogen (secondary N) is 1. The van der Waals surface area contributed by atoms with Gasteiger partial charge in [0.25, 0.3) is 0 Å². The molecule has 0 bridgehead atoms. The number of hydrogen-bond donors (Lipinski definition) is 1. The van der Waals surface area contributed by atoms with E-state index in [1.807, 2.05) is 0 Å². The summed E-state index contributed by atoms with van der Waals surface area (Å²) in [6, 6.07) is 6.11. The summed E-state index contributed by atoms with van der Waals surface area (Å²) in [6.07, 6.45) is 0. The molecule has 0 unspecified atom stereocenters. The molecule has 0 saturated heterocycles. The Kier molecular flexibility index (Phi) is 5.24. The van der Waals surface area contributed by atoms with E-state index in [0.717, 1.165) is 0 Å². The number of ether oxygens (including phenoxy) is 1. The van der Waals surface area contributed by atoms with E-state index >= 15 is 0 Å². The molecule has 0 saturated carbocycles. The van der Waals surface area contributed by atoms with Crippen molar-refractivity contribution in [3.63, 3.8) is 0 Å². The van der Waals surface area contributed by atoms with E-state index in [-0.39, 0.29) is 10.9 Å². The highest BCUT2D eigenvalue weighted by molar-refractivity contribution is 7.89. The van der Waals surface area contributed by atoms with Gasteiger partial charge in [0.2, 0.25) is 10.0 Å². The van der Waals surface area contributed by atoms with Crippen molar-refractivity contribution in [2.75, 3.05) is 12.5 Å². The lowest BCUT2D eigenvalue weighted by Crippen LogP contribution is -2.30. The summed E-state index contributed by atoms with van der Waals surface area (Å²) < 4.78 is 31.4. The normalized spacial score (nSPS) is 11.8. The standard InChI is InChI=1S/C11H16ClNO3S/c1-9(2)13-17(14,15)11-5-3-10(4-6-11)16-8-7-12/h3-6,9,13H,7-8H2,1-2H3. The second-order valence-electron chi connectivity index (χ2n) is 3.78. The number of benzene rings is 1. The van der Waals surface area contributed by atoms with Gasteiger partial charge in [-0.2, -0.15) is 0 Å². The molecule has 0 atom stereocenters. The SMILES string of the molecule is CC(C)NS(=O)(=O)c1ccc(OCCCl)cc1. The Labute approximate surface area is 107 Å². The third kappa shape index (κ3) is 4.53. The van der Waals surface area contributed by atoms with Crippen LogP contribution in [-0.4, -0.2) is 26.9 Å². The van der Waals surface area contributed by atoms with Crippen LogP contribution in [0.2, 0.25) is 0 Å². The quantitative estimate of drug-likeness (QED) is 0.809. The predicted octanol–water partition coefficient (Wildman–Crippen LogP) is 1.99. The lowest BCUT2D eigenvalue weighted by Gasteiger charge is -2.10. The average Bonchev–Trinajstić information content (AvgIpc) is 2.25. The van der Waals surface area contributed by atoms with Gasteiger partial charge >= 0.3 is 0 Å². The lowest BCUT2D eigenvalue weighted by molar-refractivity contribution is 0.342. The zero-order valence-electron chi connectivity index (χ0n) is 9.81. The highest BCUT2D eigenvalue weighted by Crippen LogP contribution is 2.16. The minimum atomic E-state index is -3.43. The van der Waals surface area contributed by atoms with Gasteiger partial charge in [-0.05, 0) is 38.1 Å². The zero-order valence-corrected chi connectivity index (χ0v) is 11.4. The van der Waals surface area contributed by atoms with Crippen molar-refractivity contribution in [1.29, 1.82) is 0 Å². The summed E-state index contributed by atoms with van der Waals surface area (Å²) in [5.74, 6) is 1.00. The molecule has 1 aromatic carbocycles. The van der Waals surface area contributed by atoms with Gasteiger partial charge in [-0.25, -0.2) is 13.1 Å². The van der Waals surface area contributed by atoms with Gasteiger partial charge in [0.05, 0.1) is 10.8 Å². The Morgan fingerprint density at radius 1 is 1.29 bits per heavy atom. The average molecular weight is 278 g/mol. The molecular weight excluding hydrogens is 262 g/mol. The summed E-state index contributed by atoms with van der Waals surface area (Å²) in [4.78, 5) is 0.226. The van der Waals surface area contributed by atoms with E-state index in [1.165, 1.54) is 12.1 Å². The maximum absolute atomic E-state index is 11.8. The second-order valence-corrected chi connectivity index (χ2v) is 5.88. The topological polar surface area (TPSA) is 55.4 Å². The molecule has 0 aliphatic rings. The molecule has 1 N–H and O–H groups in total. The molecule has 0 heterocycles. The van der Waals surface area contributed by atoms with Crippen LogP contribution in [0.3, 0.4) is 0 Å². The van der Waals surface area contributed by atoms with Crippen LogP contribution in [0.4, 0.5) is 0 Å². The summed E-state index contributed by atoms with van der Waals surface area (Å²) in [6.45, 7) is 3.95. The Morgan fingerprint density at radius 2 is 1.88 bits per heavy atom. The first-order valence-electron chi connectivity index (χ1n) is 5.27. The highest BCUT2D eigenvalue weighted by Gasteiger charge is 2.14. The van der Waals surface area contributed by atoms with Crippen molar-refractivity contribution >= 4 is 21.6 Å². The molecule has 0 aliphatic heterocycles. The predicted molar refractivity (Wildman–Crippen MR) is 68.1 cm³/mol. The van der Waals surface area contributed by atoms with Crippen LogP contribution in [0.15, 0.2) is 29.2 Å². The molecule has 0 fully saturated rings. The summed E-state index contributed by atoms with van der Waals surface area (Å²) in [5, 5.41) is 0. The summed E-state index contributed by atoms with van der Waals surface area (Å²) in [5.41, 5.74) is 0. The van der Waals surface area contributed by atoms with Gasteiger partial charge in [-0.3, -0.25) is 0 Å². The molecular formula is C11H16ClNO3S. The van der Waals surface area contributed by atoms with Gasteiger partial charge in [-0.15, -0.1) is 11.6 Å². The number of alkyl halides is 1. The summed E-state index contributed by atoms with van der Waals surface area (Å²) in [7, 11) is -3.43. The fourth-order valence-electron chi connectivity index (χ4n) is 1.25. The monoisotopic (exact) mass is 277 g/mol. The van der Waals surface area contributed by atoms with E-state index in [9.17, 15) is 8.42 Å². The number of halogens is 1. The van der Waals surface area contributed by atoms with Crippen molar-refractivity contribution in [3.8, 4) is 5.75 Å². The molecule has 0 spiro atoms. The van der Waals surface area contributed by atoms with Crippen molar-refractivity contribution in [1.82, 2.24) is 4.72 Å². The number of rotatable bonds is 6. The van der Waals surface area contributed by atoms with Crippen LogP contribution < -0.4 is 9.46 Å². The third-order valence-corrected chi connectivity index (χ3v) is 3.70. The van der Waals surface area contributed by atoms with Gasteiger partial charge in [0.15, 0.2) is 0 Å². The maximum Gasteiger partial charge on any atom is 0.240 e. The largest absolute Gasteiger partial charge is 0.492 e. The minimum Gasteiger partial charge on any atom is -0.492 e. The van der Waals surface area contributed by atoms with Crippen LogP contribution in [0.1, 0.15) is 13.8 Å². The van der Waals surface area contributed by atoms with E-state index < -0.39 is 10.0 Å². The van der Waals surface area contributed by atoms with Gasteiger partial charge < -0.3 is 4.74 Å². The summed E-state index contributed by atoms with van der Waals surface area (Å²) >= 11 is 5.48. The maximum atomic E-state index is 11.8. The second kappa shape index (κ2) is 6.23. The molecule has 0 radical (unpaired) electrons. The molecule has 6 heteroatoms. The molecule has 1 rings (SSSR count). The first-order valence-corrected chi connectivity index (χ1v) is 7.28. The Balaban J connectivity index is 2.80. The van der Waals surface area contributed by atoms with Crippen molar-refractivity contribution in [3.05, 3.63) is 24.3 Å². The molecule has 0 amide bonds. The molecule has 17 heavy (non-hydrogen) atoms. The Bertz CT molecular complexity index is 442. The Morgan fingerprint density at radius 3 is 2.35 bits per heavy atom.